The van der Waals surface area contributed by atoms with Gasteiger partial charge in [-0.15, -0.1) is 0 Å². The quantitative estimate of drug-likeness (QED) is 0.821. The molecule has 1 aliphatic carbocycles. The largest absolute Gasteiger partial charge is 0.346 e. The number of rotatable bonds is 5. The normalized spacial score (nSPS) is 18.2. The lowest BCUT2D eigenvalue weighted by molar-refractivity contribution is -0.122. The molecule has 1 atom stereocenters. The summed E-state index contributed by atoms with van der Waals surface area (Å²) < 4.78 is 0. The first-order valence-electron chi connectivity index (χ1n) is 6.40. The van der Waals surface area contributed by atoms with Crippen LogP contribution in [0.25, 0.3) is 0 Å². The van der Waals surface area contributed by atoms with Crippen molar-refractivity contribution in [3.63, 3.8) is 0 Å². The lowest BCUT2D eigenvalue weighted by Crippen LogP contribution is -2.27. The molecular weight excluding hydrogens is 216 g/mol. The maximum absolute atomic E-state index is 11.7. The molecule has 0 saturated heterocycles. The predicted molar refractivity (Wildman–Crippen MR) is 64.1 cm³/mol. The molecule has 17 heavy (non-hydrogen) atoms. The zero-order valence-electron chi connectivity index (χ0n) is 10.3. The van der Waals surface area contributed by atoms with Gasteiger partial charge in [-0.2, -0.15) is 5.10 Å². The van der Waals surface area contributed by atoms with Gasteiger partial charge in [0.1, 0.15) is 12.2 Å². The van der Waals surface area contributed by atoms with Crippen LogP contribution < -0.4 is 5.32 Å². The summed E-state index contributed by atoms with van der Waals surface area (Å²) in [4.78, 5) is 15.8. The highest BCUT2D eigenvalue weighted by Gasteiger charge is 2.17. The number of hydrogen-bond donors (Lipinski definition) is 2. The monoisotopic (exact) mass is 236 g/mol. The number of nitrogens with one attached hydrogen (secondary N) is 2. The summed E-state index contributed by atoms with van der Waals surface area (Å²) in [6.07, 6.45) is 8.37. The van der Waals surface area contributed by atoms with Crippen LogP contribution >= 0.6 is 0 Å². The fourth-order valence-corrected chi connectivity index (χ4v) is 2.44. The molecule has 0 bridgehead atoms. The van der Waals surface area contributed by atoms with Gasteiger partial charge >= 0.3 is 0 Å². The summed E-state index contributed by atoms with van der Waals surface area (Å²) in [5.74, 6) is 1.58. The Balaban J connectivity index is 1.69. The molecule has 0 spiro atoms. The fourth-order valence-electron chi connectivity index (χ4n) is 2.44. The number of aromatic amines is 1. The van der Waals surface area contributed by atoms with Crippen LogP contribution in [-0.2, 0) is 4.79 Å². The van der Waals surface area contributed by atoms with Crippen molar-refractivity contribution in [3.8, 4) is 0 Å². The van der Waals surface area contributed by atoms with Crippen molar-refractivity contribution in [2.24, 2.45) is 5.92 Å². The molecule has 1 aromatic rings. The Kier molecular flexibility index (Phi) is 4.12. The van der Waals surface area contributed by atoms with Crippen molar-refractivity contribution >= 4 is 5.91 Å². The minimum absolute atomic E-state index is 0.0893. The summed E-state index contributed by atoms with van der Waals surface area (Å²) >= 11 is 0. The second-order valence-corrected chi connectivity index (χ2v) is 4.85. The molecular formula is C12H20N4O. The third kappa shape index (κ3) is 3.54. The smallest absolute Gasteiger partial charge is 0.220 e. The first-order chi connectivity index (χ1) is 8.25. The molecule has 2 N–H and O–H groups in total. The molecule has 94 valence electrons. The Hall–Kier alpha value is -1.39. The fraction of sp³-hybridized carbons (Fsp3) is 0.750. The van der Waals surface area contributed by atoms with Gasteiger partial charge in [0.15, 0.2) is 0 Å². The first kappa shape index (κ1) is 12.1. The Morgan fingerprint density at radius 1 is 1.59 bits per heavy atom. The second kappa shape index (κ2) is 5.80. The van der Waals surface area contributed by atoms with Crippen LogP contribution in [0.15, 0.2) is 6.33 Å². The van der Waals surface area contributed by atoms with Crippen LogP contribution in [0.2, 0.25) is 0 Å². The van der Waals surface area contributed by atoms with Gasteiger partial charge in [-0.05, 0) is 19.3 Å². The van der Waals surface area contributed by atoms with E-state index in [1.54, 1.807) is 0 Å². The molecule has 1 amide bonds. The van der Waals surface area contributed by atoms with Crippen molar-refractivity contribution in [3.05, 3.63) is 12.2 Å². The highest BCUT2D eigenvalue weighted by atomic mass is 16.1. The minimum Gasteiger partial charge on any atom is -0.346 e. The van der Waals surface area contributed by atoms with Gasteiger partial charge in [0, 0.05) is 6.42 Å². The molecule has 2 rings (SSSR count). The highest BCUT2D eigenvalue weighted by Crippen LogP contribution is 2.28. The molecule has 1 fully saturated rings. The molecule has 0 radical (unpaired) electrons. The molecule has 1 heterocycles. The van der Waals surface area contributed by atoms with Crippen LogP contribution in [-0.4, -0.2) is 21.1 Å². The second-order valence-electron chi connectivity index (χ2n) is 4.85. The summed E-state index contributed by atoms with van der Waals surface area (Å²) in [5, 5.41) is 9.47. The maximum Gasteiger partial charge on any atom is 0.220 e. The van der Waals surface area contributed by atoms with Gasteiger partial charge < -0.3 is 5.32 Å². The lowest BCUT2D eigenvalue weighted by Gasteiger charge is -2.12. The zero-order chi connectivity index (χ0) is 12.1. The van der Waals surface area contributed by atoms with Crippen molar-refractivity contribution in [1.29, 1.82) is 0 Å². The number of aromatic nitrogens is 3. The van der Waals surface area contributed by atoms with E-state index in [1.807, 2.05) is 6.92 Å². The standard InChI is InChI=1S/C12H20N4O/c1-9(12-13-8-14-16-12)15-11(17)7-6-10-4-2-3-5-10/h8-10H,2-7H2,1H3,(H,15,17)(H,13,14,16). The maximum atomic E-state index is 11.7. The third-order valence-electron chi connectivity index (χ3n) is 3.48. The Morgan fingerprint density at radius 2 is 2.35 bits per heavy atom. The number of hydrogen-bond acceptors (Lipinski definition) is 3. The number of carbonyl (C=O) groups excluding carboxylic acids is 1. The van der Waals surface area contributed by atoms with Crippen LogP contribution in [0.3, 0.4) is 0 Å². The van der Waals surface area contributed by atoms with E-state index in [0.29, 0.717) is 12.2 Å². The van der Waals surface area contributed by atoms with Gasteiger partial charge in [0.2, 0.25) is 5.91 Å². The van der Waals surface area contributed by atoms with Gasteiger partial charge in [0.25, 0.3) is 0 Å². The molecule has 1 saturated carbocycles. The molecule has 1 aromatic heterocycles. The van der Waals surface area contributed by atoms with E-state index in [-0.39, 0.29) is 11.9 Å². The van der Waals surface area contributed by atoms with E-state index in [9.17, 15) is 4.79 Å². The number of carbonyl (C=O) groups is 1. The van der Waals surface area contributed by atoms with Crippen LogP contribution in [0, 0.1) is 5.92 Å². The van der Waals surface area contributed by atoms with Crippen molar-refractivity contribution in [2.75, 3.05) is 0 Å². The minimum atomic E-state index is -0.0893. The number of amides is 1. The Labute approximate surface area is 101 Å². The number of nitrogens with zero attached hydrogens (tertiary/aromatic N) is 2. The van der Waals surface area contributed by atoms with Gasteiger partial charge in [-0.25, -0.2) is 4.98 Å². The van der Waals surface area contributed by atoms with E-state index in [4.69, 9.17) is 0 Å². The summed E-state index contributed by atoms with van der Waals surface area (Å²) in [6.45, 7) is 1.91. The van der Waals surface area contributed by atoms with E-state index in [0.717, 1.165) is 12.3 Å². The SMILES string of the molecule is CC(NC(=O)CCC1CCCC1)c1ncn[nH]1. The summed E-state index contributed by atoms with van der Waals surface area (Å²) in [6, 6.07) is -0.0893. The highest BCUT2D eigenvalue weighted by molar-refractivity contribution is 5.76. The van der Waals surface area contributed by atoms with E-state index >= 15 is 0 Å². The summed E-state index contributed by atoms with van der Waals surface area (Å²) in [5.41, 5.74) is 0. The van der Waals surface area contributed by atoms with Crippen molar-refractivity contribution in [2.45, 2.75) is 51.5 Å². The average Bonchev–Trinajstić information content (AvgIpc) is 2.99. The first-order valence-corrected chi connectivity index (χ1v) is 6.40. The molecule has 1 unspecified atom stereocenters. The van der Waals surface area contributed by atoms with Crippen LogP contribution in [0.1, 0.15) is 57.3 Å². The van der Waals surface area contributed by atoms with Crippen molar-refractivity contribution < 1.29 is 4.79 Å². The third-order valence-corrected chi connectivity index (χ3v) is 3.48. The molecule has 0 aliphatic heterocycles. The Bertz CT molecular complexity index is 343. The van der Waals surface area contributed by atoms with Gasteiger partial charge in [-0.3, -0.25) is 9.89 Å². The number of H-pyrrole nitrogens is 1. The molecule has 5 heteroatoms. The Morgan fingerprint density at radius 3 is 3.00 bits per heavy atom. The molecule has 0 aromatic carbocycles. The van der Waals surface area contributed by atoms with Gasteiger partial charge in [0.05, 0.1) is 6.04 Å². The topological polar surface area (TPSA) is 70.7 Å². The van der Waals surface area contributed by atoms with Crippen molar-refractivity contribution in [1.82, 2.24) is 20.5 Å². The van der Waals surface area contributed by atoms with Gasteiger partial charge in [-0.1, -0.05) is 25.7 Å². The molecule has 5 nitrogen and oxygen atoms in total. The zero-order valence-corrected chi connectivity index (χ0v) is 10.3. The van der Waals surface area contributed by atoms with Crippen LogP contribution in [0.4, 0.5) is 0 Å². The van der Waals surface area contributed by atoms with Crippen LogP contribution in [0.5, 0.6) is 0 Å². The van der Waals surface area contributed by atoms with E-state index in [2.05, 4.69) is 20.5 Å². The molecule has 1 aliphatic rings. The predicted octanol–water partition coefficient (Wildman–Crippen LogP) is 1.95. The summed E-state index contributed by atoms with van der Waals surface area (Å²) in [7, 11) is 0. The van der Waals surface area contributed by atoms with E-state index < -0.39 is 0 Å². The lowest BCUT2D eigenvalue weighted by atomic mass is 10.0. The average molecular weight is 236 g/mol. The van der Waals surface area contributed by atoms with E-state index in [1.165, 1.54) is 32.0 Å².